The van der Waals surface area contributed by atoms with Gasteiger partial charge in [0.2, 0.25) is 15.9 Å². The molecule has 54 heavy (non-hydrogen) atoms. The number of rotatable bonds is 11. The highest BCUT2D eigenvalue weighted by Gasteiger charge is 2.29. The minimum atomic E-state index is -3.85. The lowest BCUT2D eigenvalue weighted by atomic mass is 10.0. The Balaban J connectivity index is 1.25. The fourth-order valence-corrected chi connectivity index (χ4v) is 8.13. The van der Waals surface area contributed by atoms with E-state index < -0.39 is 39.2 Å². The second-order valence-corrected chi connectivity index (χ2v) is 15.3. The maximum atomic E-state index is 14.6. The molecule has 8 rings (SSSR count). The second kappa shape index (κ2) is 14.6. The third-order valence-corrected chi connectivity index (χ3v) is 11.5. The summed E-state index contributed by atoms with van der Waals surface area (Å²) >= 11 is 0. The number of pyridine rings is 1. The van der Waals surface area contributed by atoms with Crippen molar-refractivity contribution >= 4 is 26.8 Å². The lowest BCUT2D eigenvalue weighted by molar-refractivity contribution is -0.122. The molecule has 1 aliphatic carbocycles. The van der Waals surface area contributed by atoms with Crippen molar-refractivity contribution in [2.45, 2.75) is 42.7 Å². The number of fused-ring (bicyclic) bond motifs is 1. The number of nitrogens with one attached hydrogen (secondary N) is 1. The quantitative estimate of drug-likeness (QED) is 0.197. The van der Waals surface area contributed by atoms with E-state index in [0.29, 0.717) is 11.4 Å². The van der Waals surface area contributed by atoms with Gasteiger partial charge >= 0.3 is 0 Å². The zero-order valence-electron chi connectivity index (χ0n) is 28.9. The van der Waals surface area contributed by atoms with Crippen LogP contribution in [0, 0.1) is 11.6 Å². The molecule has 1 N–H and O–H groups in total. The van der Waals surface area contributed by atoms with Crippen molar-refractivity contribution in [2.75, 3.05) is 26.3 Å². The summed E-state index contributed by atoms with van der Waals surface area (Å²) in [7, 11) is -3.85. The van der Waals surface area contributed by atoms with Crippen LogP contribution in [0.25, 0.3) is 27.7 Å². The number of carbonyl (C=O) groups is 1. The normalized spacial score (nSPS) is 15.7. The summed E-state index contributed by atoms with van der Waals surface area (Å²) in [6, 6.07) is 18.5. The lowest BCUT2D eigenvalue weighted by Gasteiger charge is -2.26. The minimum Gasteiger partial charge on any atom is -0.379 e. The fraction of sp³-hybridized carbons (Fsp3) is 0.256. The molecule has 2 aliphatic rings. The maximum Gasteiger partial charge on any atom is 0.266 e. The molecule has 12 nitrogen and oxygen atoms in total. The molecule has 6 aromatic rings. The van der Waals surface area contributed by atoms with Crippen LogP contribution in [0.15, 0.2) is 107 Å². The Morgan fingerprint density at radius 1 is 0.944 bits per heavy atom. The van der Waals surface area contributed by atoms with Gasteiger partial charge in [-0.2, -0.15) is 9.40 Å². The van der Waals surface area contributed by atoms with E-state index in [4.69, 9.17) is 9.72 Å². The highest BCUT2D eigenvalue weighted by atomic mass is 32.2. The van der Waals surface area contributed by atoms with Gasteiger partial charge in [-0.15, -0.1) is 0 Å². The van der Waals surface area contributed by atoms with Gasteiger partial charge in [-0.25, -0.2) is 22.2 Å². The van der Waals surface area contributed by atoms with E-state index in [9.17, 15) is 26.8 Å². The van der Waals surface area contributed by atoms with Gasteiger partial charge in [0.1, 0.15) is 24.0 Å². The zero-order valence-corrected chi connectivity index (χ0v) is 29.8. The number of benzene rings is 3. The van der Waals surface area contributed by atoms with Crippen LogP contribution in [0.1, 0.15) is 41.9 Å². The minimum absolute atomic E-state index is 0.0301. The van der Waals surface area contributed by atoms with E-state index >= 15 is 0 Å². The van der Waals surface area contributed by atoms with Gasteiger partial charge in [-0.1, -0.05) is 12.1 Å². The lowest BCUT2D eigenvalue weighted by Crippen LogP contribution is -2.40. The summed E-state index contributed by atoms with van der Waals surface area (Å²) in [6.45, 7) is 0.840. The number of nitrogens with zero attached hydrogens (tertiary/aromatic N) is 6. The van der Waals surface area contributed by atoms with Gasteiger partial charge in [-0.3, -0.25) is 23.8 Å². The largest absolute Gasteiger partial charge is 0.379 e. The first-order valence-electron chi connectivity index (χ1n) is 17.6. The molecule has 2 fully saturated rings. The highest BCUT2D eigenvalue weighted by molar-refractivity contribution is 7.89. The van der Waals surface area contributed by atoms with Gasteiger partial charge in [0.25, 0.3) is 5.56 Å². The molecule has 3 aromatic carbocycles. The third-order valence-electron chi connectivity index (χ3n) is 9.56. The van der Waals surface area contributed by atoms with Gasteiger partial charge in [-0.05, 0) is 84.6 Å². The molecule has 1 atom stereocenters. The predicted octanol–water partition coefficient (Wildman–Crippen LogP) is 4.92. The molecule has 15 heteroatoms. The summed E-state index contributed by atoms with van der Waals surface area (Å²) in [5, 5.41) is 7.75. The molecule has 0 spiro atoms. The Kier molecular flexibility index (Phi) is 9.60. The number of aromatic nitrogens is 5. The van der Waals surface area contributed by atoms with Crippen molar-refractivity contribution in [3.8, 4) is 16.8 Å². The van der Waals surface area contributed by atoms with E-state index in [1.54, 1.807) is 42.9 Å². The summed E-state index contributed by atoms with van der Waals surface area (Å²) in [6.07, 6.45) is 7.00. The first-order valence-corrected chi connectivity index (χ1v) is 19.0. The Morgan fingerprint density at radius 2 is 1.70 bits per heavy atom. The molecule has 4 heterocycles. The second-order valence-electron chi connectivity index (χ2n) is 13.4. The van der Waals surface area contributed by atoms with Gasteiger partial charge in [0, 0.05) is 55.6 Å². The Bertz CT molecular complexity index is 2500. The fourth-order valence-electron chi connectivity index (χ4n) is 6.72. The van der Waals surface area contributed by atoms with Crippen LogP contribution < -0.4 is 10.9 Å². The van der Waals surface area contributed by atoms with Crippen molar-refractivity contribution < 1.29 is 26.7 Å². The number of sulfonamides is 1. The van der Waals surface area contributed by atoms with Crippen molar-refractivity contribution in [2.24, 2.45) is 0 Å². The smallest absolute Gasteiger partial charge is 0.266 e. The number of amides is 1. The van der Waals surface area contributed by atoms with Crippen molar-refractivity contribution in [3.05, 3.63) is 137 Å². The third kappa shape index (κ3) is 7.42. The number of halogens is 2. The van der Waals surface area contributed by atoms with Crippen molar-refractivity contribution in [1.29, 1.82) is 0 Å². The summed E-state index contributed by atoms with van der Waals surface area (Å²) in [5.74, 6) is -1.63. The molecule has 0 radical (unpaired) electrons. The monoisotopic (exact) mass is 751 g/mol. The first kappa shape index (κ1) is 35.4. The number of ether oxygens (including phenoxy) is 1. The Morgan fingerprint density at radius 3 is 2.41 bits per heavy atom. The van der Waals surface area contributed by atoms with Gasteiger partial charge in [0.05, 0.1) is 46.4 Å². The molecular weight excluding hydrogens is 717 g/mol. The maximum absolute atomic E-state index is 14.6. The molecule has 1 aliphatic heterocycles. The summed E-state index contributed by atoms with van der Waals surface area (Å²) < 4.78 is 65.4. The van der Waals surface area contributed by atoms with Gasteiger partial charge in [0.15, 0.2) is 0 Å². The van der Waals surface area contributed by atoms with E-state index in [1.807, 2.05) is 12.1 Å². The van der Waals surface area contributed by atoms with Crippen molar-refractivity contribution in [3.63, 3.8) is 0 Å². The molecule has 0 bridgehead atoms. The molecule has 276 valence electrons. The zero-order chi connectivity index (χ0) is 37.4. The van der Waals surface area contributed by atoms with Crippen LogP contribution >= 0.6 is 0 Å². The standard InChI is InChI=1S/C39H35F2N7O5S/c40-29-18-25(19-30(41)22-29)20-36(43-37(49)24-46-13-11-34(45-46)26-3-4-26)38-44-35-21-27(28-2-1-12-42-23-28)5-10-33(35)39(50)48(38)31-6-8-32(9-7-31)54(51,52)47-14-16-53-17-15-47/h1-2,5-13,18-19,21-23,26,36H,3-4,14-17,20,24H2,(H,43,49). The van der Waals surface area contributed by atoms with Crippen LogP contribution in [-0.4, -0.2) is 69.2 Å². The number of carbonyl (C=O) groups excluding carboxylic acids is 1. The van der Waals surface area contributed by atoms with Crippen molar-refractivity contribution in [1.82, 2.24) is 33.9 Å². The van der Waals surface area contributed by atoms with Crippen LogP contribution in [0.5, 0.6) is 0 Å². The molecular formula is C39H35F2N7O5S. The van der Waals surface area contributed by atoms with Crippen LogP contribution in [0.2, 0.25) is 0 Å². The van der Waals surface area contributed by atoms with Crippen LogP contribution in [0.3, 0.4) is 0 Å². The van der Waals surface area contributed by atoms with E-state index in [1.165, 1.54) is 37.8 Å². The molecule has 1 saturated carbocycles. The van der Waals surface area contributed by atoms with Crippen LogP contribution in [0.4, 0.5) is 8.78 Å². The van der Waals surface area contributed by atoms with Gasteiger partial charge < -0.3 is 10.1 Å². The Labute approximate surface area is 309 Å². The molecule has 1 amide bonds. The van der Waals surface area contributed by atoms with E-state index in [2.05, 4.69) is 15.4 Å². The Hall–Kier alpha value is -5.64. The number of hydrogen-bond donors (Lipinski definition) is 1. The first-order chi connectivity index (χ1) is 26.1. The average molecular weight is 752 g/mol. The summed E-state index contributed by atoms with van der Waals surface area (Å²) in [5.41, 5.74) is 2.73. The average Bonchev–Trinajstić information content (AvgIpc) is 3.92. The highest BCUT2D eigenvalue weighted by Crippen LogP contribution is 2.38. The molecule has 1 unspecified atom stereocenters. The van der Waals surface area contributed by atoms with E-state index in [0.717, 1.165) is 47.9 Å². The summed E-state index contributed by atoms with van der Waals surface area (Å²) in [4.78, 5) is 37.5. The molecule has 3 aromatic heterocycles. The van der Waals surface area contributed by atoms with E-state index in [-0.39, 0.29) is 66.6 Å². The molecule has 1 saturated heterocycles. The van der Waals surface area contributed by atoms with Crippen LogP contribution in [-0.2, 0) is 32.5 Å². The topological polar surface area (TPSA) is 141 Å². The SMILES string of the molecule is O=C(Cn1ccc(C2CC2)n1)NC(Cc1cc(F)cc(F)c1)c1nc2cc(-c3cccnc3)ccc2c(=O)n1-c1ccc(S(=O)(=O)N2CCOCC2)cc1. The predicted molar refractivity (Wildman–Crippen MR) is 195 cm³/mol. The number of morpholine rings is 1. The number of hydrogen-bond acceptors (Lipinski definition) is 8.